The number of nitrogens with zero attached hydrogens (tertiary/aromatic N) is 1. The first kappa shape index (κ1) is 24.1. The number of esters is 3. The van der Waals surface area contributed by atoms with Crippen molar-refractivity contribution in [2.45, 2.75) is 51.9 Å². The van der Waals surface area contributed by atoms with E-state index in [1.165, 1.54) is 24.3 Å². The zero-order valence-corrected chi connectivity index (χ0v) is 17.0. The molecule has 0 amide bonds. The van der Waals surface area contributed by atoms with Gasteiger partial charge in [0.05, 0.1) is 30.2 Å². The zero-order chi connectivity index (χ0) is 21.9. The van der Waals surface area contributed by atoms with Crippen molar-refractivity contribution in [3.63, 3.8) is 0 Å². The van der Waals surface area contributed by atoms with Crippen LogP contribution in [0.4, 0.5) is 5.69 Å². The van der Waals surface area contributed by atoms with Gasteiger partial charge in [-0.25, -0.2) is 0 Å². The molecule has 0 spiro atoms. The molecule has 29 heavy (non-hydrogen) atoms. The molecule has 0 aliphatic carbocycles. The minimum atomic E-state index is -1.34. The van der Waals surface area contributed by atoms with Crippen LogP contribution < -0.4 is 0 Å². The number of nitro benzene ring substituents is 1. The third kappa shape index (κ3) is 6.85. The van der Waals surface area contributed by atoms with E-state index >= 15 is 0 Å². The van der Waals surface area contributed by atoms with Gasteiger partial charge in [-0.2, -0.15) is 0 Å². The SMILES string of the molecule is CCOC(=O)CCC(CCC(=O)OCC)(C(=O)OCC)c1ccc([N+](=O)[O-])cc1. The quantitative estimate of drug-likeness (QED) is 0.223. The van der Waals surface area contributed by atoms with Crippen molar-refractivity contribution in [2.75, 3.05) is 19.8 Å². The second-order valence-corrected chi connectivity index (χ2v) is 6.22. The van der Waals surface area contributed by atoms with Gasteiger partial charge < -0.3 is 14.2 Å². The topological polar surface area (TPSA) is 122 Å². The van der Waals surface area contributed by atoms with Crippen LogP contribution in [0.2, 0.25) is 0 Å². The predicted molar refractivity (Wildman–Crippen MR) is 103 cm³/mol. The molecule has 1 aromatic rings. The van der Waals surface area contributed by atoms with E-state index in [2.05, 4.69) is 0 Å². The Kier molecular flexibility index (Phi) is 9.78. The summed E-state index contributed by atoms with van der Waals surface area (Å²) < 4.78 is 15.2. The van der Waals surface area contributed by atoms with Crippen LogP contribution in [0.25, 0.3) is 0 Å². The molecular formula is C20H27NO8. The Morgan fingerprint density at radius 1 is 0.862 bits per heavy atom. The maximum Gasteiger partial charge on any atom is 0.316 e. The van der Waals surface area contributed by atoms with E-state index in [1.807, 2.05) is 0 Å². The van der Waals surface area contributed by atoms with Crippen LogP contribution in [0.1, 0.15) is 52.0 Å². The van der Waals surface area contributed by atoms with Gasteiger partial charge >= 0.3 is 17.9 Å². The molecule has 9 heteroatoms. The van der Waals surface area contributed by atoms with E-state index in [-0.39, 0.29) is 51.2 Å². The molecule has 0 aromatic heterocycles. The third-order valence-corrected chi connectivity index (χ3v) is 4.42. The van der Waals surface area contributed by atoms with E-state index in [4.69, 9.17) is 14.2 Å². The molecule has 0 N–H and O–H groups in total. The smallest absolute Gasteiger partial charge is 0.316 e. The lowest BCUT2D eigenvalue weighted by Crippen LogP contribution is -2.39. The number of benzene rings is 1. The van der Waals surface area contributed by atoms with Crippen molar-refractivity contribution in [1.82, 2.24) is 0 Å². The average Bonchev–Trinajstić information content (AvgIpc) is 2.69. The first-order valence-corrected chi connectivity index (χ1v) is 9.54. The summed E-state index contributed by atoms with van der Waals surface area (Å²) in [6.07, 6.45) is -0.0945. The molecule has 0 fully saturated rings. The van der Waals surface area contributed by atoms with Gasteiger partial charge in [-0.05, 0) is 39.2 Å². The van der Waals surface area contributed by atoms with Gasteiger partial charge in [-0.1, -0.05) is 12.1 Å². The second-order valence-electron chi connectivity index (χ2n) is 6.22. The summed E-state index contributed by atoms with van der Waals surface area (Å²) in [4.78, 5) is 47.2. The molecule has 9 nitrogen and oxygen atoms in total. The molecule has 0 aliphatic rings. The molecule has 160 valence electrons. The minimum absolute atomic E-state index is 0.0296. The molecule has 0 atom stereocenters. The minimum Gasteiger partial charge on any atom is -0.466 e. The second kappa shape index (κ2) is 11.8. The summed E-state index contributed by atoms with van der Waals surface area (Å²) in [5, 5.41) is 11.0. The lowest BCUT2D eigenvalue weighted by Gasteiger charge is -2.31. The van der Waals surface area contributed by atoms with Crippen molar-refractivity contribution < 1.29 is 33.5 Å². The number of carbonyl (C=O) groups excluding carboxylic acids is 3. The standard InChI is InChI=1S/C20H27NO8/c1-4-27-17(22)11-13-20(19(24)29-6-3,14-12-18(23)28-5-2)15-7-9-16(10-8-15)21(25)26/h7-10H,4-6,11-14H2,1-3H3. The Morgan fingerprint density at radius 3 is 1.69 bits per heavy atom. The fourth-order valence-corrected chi connectivity index (χ4v) is 3.00. The molecule has 0 saturated heterocycles. The Balaban J connectivity index is 3.32. The van der Waals surface area contributed by atoms with Crippen LogP contribution in [0.3, 0.4) is 0 Å². The number of nitro groups is 1. The fourth-order valence-electron chi connectivity index (χ4n) is 3.00. The summed E-state index contributed by atoms with van der Waals surface area (Å²) in [7, 11) is 0. The lowest BCUT2D eigenvalue weighted by atomic mass is 9.73. The van der Waals surface area contributed by atoms with Crippen molar-refractivity contribution in [3.8, 4) is 0 Å². The summed E-state index contributed by atoms with van der Waals surface area (Å²) in [6.45, 7) is 5.50. The largest absolute Gasteiger partial charge is 0.466 e. The van der Waals surface area contributed by atoms with Gasteiger partial charge in [0.2, 0.25) is 0 Å². The Labute approximate surface area is 169 Å². The molecule has 0 unspecified atom stereocenters. The van der Waals surface area contributed by atoms with Crippen molar-refractivity contribution in [1.29, 1.82) is 0 Å². The molecule has 0 radical (unpaired) electrons. The Hall–Kier alpha value is -2.97. The molecule has 0 saturated carbocycles. The van der Waals surface area contributed by atoms with E-state index < -0.39 is 28.2 Å². The summed E-state index contributed by atoms with van der Waals surface area (Å²) in [5.74, 6) is -1.58. The number of rotatable bonds is 12. The zero-order valence-electron chi connectivity index (χ0n) is 17.0. The highest BCUT2D eigenvalue weighted by Crippen LogP contribution is 2.37. The van der Waals surface area contributed by atoms with Crippen LogP contribution in [0.5, 0.6) is 0 Å². The Bertz CT molecular complexity index is 692. The molecule has 0 aliphatic heterocycles. The van der Waals surface area contributed by atoms with Gasteiger partial charge in [-0.3, -0.25) is 24.5 Å². The highest BCUT2D eigenvalue weighted by molar-refractivity contribution is 5.85. The number of hydrogen-bond donors (Lipinski definition) is 0. The van der Waals surface area contributed by atoms with E-state index in [0.29, 0.717) is 5.56 Å². The molecule has 0 bridgehead atoms. The highest BCUT2D eigenvalue weighted by atomic mass is 16.6. The van der Waals surface area contributed by atoms with Gasteiger partial charge in [0.15, 0.2) is 0 Å². The van der Waals surface area contributed by atoms with Crippen molar-refractivity contribution in [2.24, 2.45) is 0 Å². The normalized spacial score (nSPS) is 10.9. The van der Waals surface area contributed by atoms with Crippen LogP contribution in [-0.2, 0) is 34.0 Å². The number of carbonyl (C=O) groups is 3. The van der Waals surface area contributed by atoms with Crippen molar-refractivity contribution >= 4 is 23.6 Å². The summed E-state index contributed by atoms with van der Waals surface area (Å²) in [6, 6.07) is 5.45. The molecule has 1 aromatic carbocycles. The van der Waals surface area contributed by atoms with Crippen LogP contribution in [0, 0.1) is 10.1 Å². The van der Waals surface area contributed by atoms with E-state index in [0.717, 1.165) is 0 Å². The fraction of sp³-hybridized carbons (Fsp3) is 0.550. The van der Waals surface area contributed by atoms with E-state index in [1.54, 1.807) is 20.8 Å². The first-order valence-electron chi connectivity index (χ1n) is 9.54. The predicted octanol–water partition coefficient (Wildman–Crippen LogP) is 3.08. The van der Waals surface area contributed by atoms with Crippen LogP contribution >= 0.6 is 0 Å². The first-order chi connectivity index (χ1) is 13.8. The molecule has 1 rings (SSSR count). The molecular weight excluding hydrogens is 382 g/mol. The van der Waals surface area contributed by atoms with Crippen LogP contribution in [0.15, 0.2) is 24.3 Å². The van der Waals surface area contributed by atoms with Gasteiger partial charge in [0.25, 0.3) is 5.69 Å². The average molecular weight is 409 g/mol. The van der Waals surface area contributed by atoms with Gasteiger partial charge in [0, 0.05) is 25.0 Å². The monoisotopic (exact) mass is 409 g/mol. The lowest BCUT2D eigenvalue weighted by molar-refractivity contribution is -0.384. The highest BCUT2D eigenvalue weighted by Gasteiger charge is 2.42. The molecule has 0 heterocycles. The maximum atomic E-state index is 13.0. The van der Waals surface area contributed by atoms with Gasteiger partial charge in [0.1, 0.15) is 0 Å². The van der Waals surface area contributed by atoms with Gasteiger partial charge in [-0.15, -0.1) is 0 Å². The number of hydrogen-bond acceptors (Lipinski definition) is 8. The Morgan fingerprint density at radius 2 is 1.31 bits per heavy atom. The number of non-ortho nitro benzene ring substituents is 1. The van der Waals surface area contributed by atoms with Crippen LogP contribution in [-0.4, -0.2) is 42.7 Å². The summed E-state index contributed by atoms with van der Waals surface area (Å²) in [5.41, 5.74) is -1.05. The third-order valence-electron chi connectivity index (χ3n) is 4.42. The van der Waals surface area contributed by atoms with E-state index in [9.17, 15) is 24.5 Å². The van der Waals surface area contributed by atoms with Crippen molar-refractivity contribution in [3.05, 3.63) is 39.9 Å². The number of ether oxygens (including phenoxy) is 3. The maximum absolute atomic E-state index is 13.0. The summed E-state index contributed by atoms with van der Waals surface area (Å²) >= 11 is 0.